The number of likely N-dealkylation sites (tertiary alicyclic amines) is 1. The minimum absolute atomic E-state index is 0.163. The Morgan fingerprint density at radius 3 is 2.52 bits per heavy atom. The van der Waals surface area contributed by atoms with Crippen LogP contribution in [0.25, 0.3) is 0 Å². The Balaban J connectivity index is 1.43. The van der Waals surface area contributed by atoms with Crippen molar-refractivity contribution in [3.63, 3.8) is 0 Å². The van der Waals surface area contributed by atoms with Crippen molar-refractivity contribution in [3.05, 3.63) is 35.9 Å². The lowest BCUT2D eigenvalue weighted by molar-refractivity contribution is -0.135. The van der Waals surface area contributed by atoms with Gasteiger partial charge in [0.2, 0.25) is 5.91 Å². The summed E-state index contributed by atoms with van der Waals surface area (Å²) in [4.78, 5) is 17.9. The van der Waals surface area contributed by atoms with E-state index in [1.54, 1.807) is 0 Å². The SMILES string of the molecule is O=C(N1CCCO[C@@H](CN2CCCCC2)C1)C1(c2ccccc2)CC1. The summed E-state index contributed by atoms with van der Waals surface area (Å²) in [6, 6.07) is 10.4. The normalized spacial score (nSPS) is 26.9. The molecule has 2 aliphatic heterocycles. The van der Waals surface area contributed by atoms with Gasteiger partial charge in [-0.05, 0) is 50.8 Å². The lowest BCUT2D eigenvalue weighted by Gasteiger charge is -2.32. The average molecular weight is 342 g/mol. The van der Waals surface area contributed by atoms with Gasteiger partial charge >= 0.3 is 0 Å². The van der Waals surface area contributed by atoms with Crippen LogP contribution in [-0.2, 0) is 14.9 Å². The number of hydrogen-bond donors (Lipinski definition) is 0. The first kappa shape index (κ1) is 17.0. The van der Waals surface area contributed by atoms with Gasteiger partial charge in [-0.1, -0.05) is 36.8 Å². The minimum atomic E-state index is -0.249. The van der Waals surface area contributed by atoms with E-state index in [9.17, 15) is 4.79 Å². The van der Waals surface area contributed by atoms with Crippen LogP contribution < -0.4 is 0 Å². The highest BCUT2D eigenvalue weighted by Gasteiger charge is 2.53. The van der Waals surface area contributed by atoms with Crippen LogP contribution in [0.5, 0.6) is 0 Å². The molecule has 1 amide bonds. The second-order valence-electron chi connectivity index (χ2n) is 7.91. The summed E-state index contributed by atoms with van der Waals surface area (Å²) in [7, 11) is 0. The largest absolute Gasteiger partial charge is 0.375 e. The molecule has 1 aromatic carbocycles. The number of amides is 1. The lowest BCUT2D eigenvalue weighted by atomic mass is 9.94. The fourth-order valence-electron chi connectivity index (χ4n) is 4.43. The molecule has 1 aromatic rings. The standard InChI is InChI=1S/C21H30N2O2/c24-20(21(10-11-21)18-8-3-1-4-9-18)23-14-7-15-25-19(17-23)16-22-12-5-2-6-13-22/h1,3-4,8-9,19H,2,5-7,10-17H2/t19-/m0/s1. The number of hydrogen-bond acceptors (Lipinski definition) is 3. The minimum Gasteiger partial charge on any atom is -0.375 e. The first-order valence-electron chi connectivity index (χ1n) is 9.97. The van der Waals surface area contributed by atoms with Crippen molar-refractivity contribution >= 4 is 5.91 Å². The second-order valence-corrected chi connectivity index (χ2v) is 7.91. The Morgan fingerprint density at radius 1 is 1.04 bits per heavy atom. The van der Waals surface area contributed by atoms with Crippen LogP contribution in [-0.4, -0.2) is 61.1 Å². The Labute approximate surface area is 151 Å². The Morgan fingerprint density at radius 2 is 1.80 bits per heavy atom. The molecule has 1 atom stereocenters. The highest BCUT2D eigenvalue weighted by molar-refractivity contribution is 5.91. The van der Waals surface area contributed by atoms with Crippen molar-refractivity contribution in [2.45, 2.75) is 50.0 Å². The third-order valence-electron chi connectivity index (χ3n) is 6.03. The van der Waals surface area contributed by atoms with Crippen molar-refractivity contribution in [3.8, 4) is 0 Å². The fourth-order valence-corrected chi connectivity index (χ4v) is 4.43. The average Bonchev–Trinajstić information content (AvgIpc) is 3.48. The van der Waals surface area contributed by atoms with Crippen molar-refractivity contribution in [1.29, 1.82) is 0 Å². The smallest absolute Gasteiger partial charge is 0.233 e. The third kappa shape index (κ3) is 3.75. The zero-order valence-corrected chi connectivity index (χ0v) is 15.2. The molecule has 0 aromatic heterocycles. The first-order valence-corrected chi connectivity index (χ1v) is 9.97. The molecule has 1 saturated carbocycles. The van der Waals surface area contributed by atoms with Gasteiger partial charge in [0, 0.05) is 26.2 Å². The summed E-state index contributed by atoms with van der Waals surface area (Å²) in [5, 5.41) is 0. The van der Waals surface area contributed by atoms with Crippen LogP contribution in [0.4, 0.5) is 0 Å². The maximum atomic E-state index is 13.3. The van der Waals surface area contributed by atoms with E-state index in [0.29, 0.717) is 5.91 Å². The predicted octanol–water partition coefficient (Wildman–Crippen LogP) is 2.82. The molecule has 4 heteroatoms. The Bertz CT molecular complexity index is 579. The van der Waals surface area contributed by atoms with Gasteiger partial charge < -0.3 is 14.5 Å². The molecule has 25 heavy (non-hydrogen) atoms. The first-order chi connectivity index (χ1) is 12.3. The maximum absolute atomic E-state index is 13.3. The Kier molecular flexibility index (Phi) is 5.09. The number of piperidine rings is 1. The van der Waals surface area contributed by atoms with Gasteiger partial charge in [0.1, 0.15) is 0 Å². The van der Waals surface area contributed by atoms with E-state index < -0.39 is 0 Å². The number of carbonyl (C=O) groups is 1. The van der Waals surface area contributed by atoms with Crippen LogP contribution in [0.15, 0.2) is 30.3 Å². The van der Waals surface area contributed by atoms with Crippen molar-refractivity contribution in [2.75, 3.05) is 39.3 Å². The zero-order chi connectivity index (χ0) is 17.1. The van der Waals surface area contributed by atoms with Crippen LogP contribution >= 0.6 is 0 Å². The van der Waals surface area contributed by atoms with Crippen LogP contribution in [0.1, 0.15) is 44.1 Å². The molecule has 0 radical (unpaired) electrons. The van der Waals surface area contributed by atoms with E-state index in [1.165, 1.54) is 37.9 Å². The second kappa shape index (κ2) is 7.46. The fraction of sp³-hybridized carbons (Fsp3) is 0.667. The van der Waals surface area contributed by atoms with Gasteiger partial charge in [-0.15, -0.1) is 0 Å². The van der Waals surface area contributed by atoms with Gasteiger partial charge in [-0.25, -0.2) is 0 Å². The number of nitrogens with zero attached hydrogens (tertiary/aromatic N) is 2. The van der Waals surface area contributed by atoms with Gasteiger partial charge in [-0.3, -0.25) is 4.79 Å². The quantitative estimate of drug-likeness (QED) is 0.843. The van der Waals surface area contributed by atoms with Crippen molar-refractivity contribution < 1.29 is 9.53 Å². The molecule has 1 aliphatic carbocycles. The van der Waals surface area contributed by atoms with E-state index in [0.717, 1.165) is 45.5 Å². The van der Waals surface area contributed by atoms with Gasteiger partial charge in [0.25, 0.3) is 0 Å². The topological polar surface area (TPSA) is 32.8 Å². The summed E-state index contributed by atoms with van der Waals surface area (Å²) in [6.45, 7) is 5.71. The highest BCUT2D eigenvalue weighted by Crippen LogP contribution is 2.49. The summed E-state index contributed by atoms with van der Waals surface area (Å²) in [5.41, 5.74) is 0.944. The van der Waals surface area contributed by atoms with E-state index >= 15 is 0 Å². The third-order valence-corrected chi connectivity index (χ3v) is 6.03. The zero-order valence-electron chi connectivity index (χ0n) is 15.2. The van der Waals surface area contributed by atoms with Gasteiger partial charge in [0.15, 0.2) is 0 Å². The molecular formula is C21H30N2O2. The van der Waals surface area contributed by atoms with E-state index in [2.05, 4.69) is 21.9 Å². The molecular weight excluding hydrogens is 312 g/mol. The number of carbonyl (C=O) groups excluding carboxylic acids is 1. The van der Waals surface area contributed by atoms with Crippen LogP contribution in [0, 0.1) is 0 Å². The van der Waals surface area contributed by atoms with Crippen molar-refractivity contribution in [2.24, 2.45) is 0 Å². The summed E-state index contributed by atoms with van der Waals surface area (Å²) < 4.78 is 6.09. The summed E-state index contributed by atoms with van der Waals surface area (Å²) >= 11 is 0. The molecule has 136 valence electrons. The molecule has 3 fully saturated rings. The molecule has 0 bridgehead atoms. The van der Waals surface area contributed by atoms with Gasteiger partial charge in [-0.2, -0.15) is 0 Å². The maximum Gasteiger partial charge on any atom is 0.233 e. The summed E-state index contributed by atoms with van der Waals surface area (Å²) in [6.07, 6.45) is 7.04. The van der Waals surface area contributed by atoms with Crippen molar-refractivity contribution in [1.82, 2.24) is 9.80 Å². The molecule has 2 saturated heterocycles. The molecule has 2 heterocycles. The number of rotatable bonds is 4. The Hall–Kier alpha value is -1.39. The molecule has 4 nitrogen and oxygen atoms in total. The molecule has 0 unspecified atom stereocenters. The van der Waals surface area contributed by atoms with Crippen LogP contribution in [0.2, 0.25) is 0 Å². The molecule has 3 aliphatic rings. The van der Waals surface area contributed by atoms with E-state index in [-0.39, 0.29) is 11.5 Å². The highest BCUT2D eigenvalue weighted by atomic mass is 16.5. The summed E-state index contributed by atoms with van der Waals surface area (Å²) in [5.74, 6) is 0.327. The molecule has 0 N–H and O–H groups in total. The molecule has 4 rings (SSSR count). The van der Waals surface area contributed by atoms with Crippen LogP contribution in [0.3, 0.4) is 0 Å². The van der Waals surface area contributed by atoms with E-state index in [4.69, 9.17) is 4.74 Å². The number of ether oxygens (including phenoxy) is 1. The number of benzene rings is 1. The van der Waals surface area contributed by atoms with E-state index in [1.807, 2.05) is 18.2 Å². The lowest BCUT2D eigenvalue weighted by Crippen LogP contribution is -2.46. The predicted molar refractivity (Wildman–Crippen MR) is 98.6 cm³/mol. The monoisotopic (exact) mass is 342 g/mol. The van der Waals surface area contributed by atoms with Gasteiger partial charge in [0.05, 0.1) is 11.5 Å². The molecule has 0 spiro atoms.